The fourth-order valence-electron chi connectivity index (χ4n) is 4.32. The molecule has 0 saturated carbocycles. The number of benzene rings is 3. The molecule has 0 aromatic heterocycles. The minimum atomic E-state index is -1.41. The van der Waals surface area contributed by atoms with Gasteiger partial charge in [0.2, 0.25) is 0 Å². The third kappa shape index (κ3) is 4.60. The van der Waals surface area contributed by atoms with Crippen molar-refractivity contribution in [3.63, 3.8) is 0 Å². The lowest BCUT2D eigenvalue weighted by atomic mass is 9.97. The lowest BCUT2D eigenvalue weighted by molar-refractivity contribution is 0.0130. The van der Waals surface area contributed by atoms with Gasteiger partial charge in [0, 0.05) is 12.5 Å². The van der Waals surface area contributed by atoms with E-state index >= 15 is 0 Å². The Hall–Kier alpha value is -3.29. The van der Waals surface area contributed by atoms with E-state index in [2.05, 4.69) is 17.4 Å². The van der Waals surface area contributed by atoms with Crippen LogP contribution in [-0.4, -0.2) is 35.6 Å². The maximum atomic E-state index is 13.7. The van der Waals surface area contributed by atoms with Gasteiger partial charge in [0.05, 0.1) is 6.10 Å². The summed E-state index contributed by atoms with van der Waals surface area (Å²) in [5, 5.41) is 23.1. The number of hydrogen-bond acceptors (Lipinski definition) is 4. The highest BCUT2D eigenvalue weighted by Gasteiger charge is 2.29. The predicted octanol–water partition coefficient (Wildman–Crippen LogP) is 4.60. The van der Waals surface area contributed by atoms with Crippen molar-refractivity contribution in [2.45, 2.75) is 31.5 Å². The first kappa shape index (κ1) is 22.9. The van der Waals surface area contributed by atoms with Crippen molar-refractivity contribution in [3.05, 3.63) is 94.6 Å². The molecule has 0 saturated heterocycles. The quantitative estimate of drug-likeness (QED) is 0.489. The molecule has 7 heteroatoms. The Balaban J connectivity index is 1.30. The van der Waals surface area contributed by atoms with E-state index in [1.807, 2.05) is 36.4 Å². The molecule has 0 aliphatic heterocycles. The summed E-state index contributed by atoms with van der Waals surface area (Å²) in [5.74, 6) is -2.14. The largest absolute Gasteiger partial charge is 0.449 e. The molecule has 1 aliphatic carbocycles. The van der Waals surface area contributed by atoms with Crippen LogP contribution in [0.1, 0.15) is 40.7 Å². The summed E-state index contributed by atoms with van der Waals surface area (Å²) in [6.07, 6.45) is -3.32. The molecular weight excluding hydrogens is 428 g/mol. The number of aliphatic hydroxyl groups is 2. The second kappa shape index (κ2) is 9.68. The van der Waals surface area contributed by atoms with Crippen LogP contribution < -0.4 is 5.32 Å². The summed E-state index contributed by atoms with van der Waals surface area (Å²) < 4.78 is 32.4. The van der Waals surface area contributed by atoms with E-state index in [1.54, 1.807) is 0 Å². The maximum absolute atomic E-state index is 13.7. The van der Waals surface area contributed by atoms with Gasteiger partial charge >= 0.3 is 6.09 Å². The lowest BCUT2D eigenvalue weighted by Crippen LogP contribution is -2.31. The number of aliphatic hydroxyl groups excluding tert-OH is 2. The minimum Gasteiger partial charge on any atom is -0.449 e. The van der Waals surface area contributed by atoms with Crippen molar-refractivity contribution in [3.8, 4) is 11.1 Å². The number of fused-ring (bicyclic) bond motifs is 3. The standard InChI is InChI=1S/C26H25F2NO4/c1-15-16(10-11-22(27)24(15)28)25(31)23(30)12-13-29-26(32)33-14-21-19-8-4-2-6-17(19)18-7-3-5-9-20(18)21/h2-11,21,23,25,30-31H,12-14H2,1H3,(H,29,32). The second-order valence-corrected chi connectivity index (χ2v) is 8.13. The van der Waals surface area contributed by atoms with Crippen LogP contribution in [0.15, 0.2) is 60.7 Å². The Morgan fingerprint density at radius 1 is 1.00 bits per heavy atom. The summed E-state index contributed by atoms with van der Waals surface area (Å²) >= 11 is 0. The van der Waals surface area contributed by atoms with Crippen molar-refractivity contribution in [2.75, 3.05) is 13.2 Å². The molecule has 0 fully saturated rings. The Morgan fingerprint density at radius 3 is 2.24 bits per heavy atom. The van der Waals surface area contributed by atoms with Gasteiger partial charge in [-0.15, -0.1) is 0 Å². The Kier molecular flexibility index (Phi) is 6.72. The van der Waals surface area contributed by atoms with Crippen molar-refractivity contribution in [1.82, 2.24) is 5.32 Å². The fourth-order valence-corrected chi connectivity index (χ4v) is 4.32. The highest BCUT2D eigenvalue weighted by atomic mass is 19.2. The molecule has 0 radical (unpaired) electrons. The zero-order valence-corrected chi connectivity index (χ0v) is 18.1. The summed E-state index contributed by atoms with van der Waals surface area (Å²) in [4.78, 5) is 12.2. The zero-order chi connectivity index (χ0) is 23.5. The van der Waals surface area contributed by atoms with Crippen molar-refractivity contribution >= 4 is 6.09 Å². The summed E-state index contributed by atoms with van der Waals surface area (Å²) in [7, 11) is 0. The molecule has 3 aromatic carbocycles. The van der Waals surface area contributed by atoms with Gasteiger partial charge in [-0.25, -0.2) is 13.6 Å². The van der Waals surface area contributed by atoms with Gasteiger partial charge in [0.25, 0.3) is 0 Å². The number of carbonyl (C=O) groups excluding carboxylic acids is 1. The molecule has 0 heterocycles. The van der Waals surface area contributed by atoms with E-state index in [9.17, 15) is 23.8 Å². The van der Waals surface area contributed by atoms with E-state index in [0.717, 1.165) is 28.3 Å². The molecule has 0 bridgehead atoms. The molecule has 2 unspecified atom stereocenters. The van der Waals surface area contributed by atoms with Gasteiger partial charge < -0.3 is 20.3 Å². The number of hydrogen-bond donors (Lipinski definition) is 3. The molecule has 2 atom stereocenters. The smallest absolute Gasteiger partial charge is 0.407 e. The molecule has 3 aromatic rings. The van der Waals surface area contributed by atoms with Gasteiger partial charge in [0.1, 0.15) is 12.7 Å². The first-order chi connectivity index (χ1) is 15.9. The van der Waals surface area contributed by atoms with Crippen LogP contribution in [0.3, 0.4) is 0 Å². The van der Waals surface area contributed by atoms with Crippen LogP contribution in [-0.2, 0) is 4.74 Å². The van der Waals surface area contributed by atoms with Crippen LogP contribution >= 0.6 is 0 Å². The highest BCUT2D eigenvalue weighted by molar-refractivity contribution is 5.79. The van der Waals surface area contributed by atoms with Crippen LogP contribution in [0.4, 0.5) is 13.6 Å². The predicted molar refractivity (Wildman–Crippen MR) is 120 cm³/mol. The Morgan fingerprint density at radius 2 is 1.61 bits per heavy atom. The second-order valence-electron chi connectivity index (χ2n) is 8.13. The third-order valence-corrected chi connectivity index (χ3v) is 6.12. The number of carbonyl (C=O) groups is 1. The third-order valence-electron chi connectivity index (χ3n) is 6.12. The van der Waals surface area contributed by atoms with Crippen LogP contribution in [0.25, 0.3) is 11.1 Å². The summed E-state index contributed by atoms with van der Waals surface area (Å²) in [6.45, 7) is 1.54. The maximum Gasteiger partial charge on any atom is 0.407 e. The van der Waals surface area contributed by atoms with Crippen LogP contribution in [0.5, 0.6) is 0 Å². The van der Waals surface area contributed by atoms with Crippen molar-refractivity contribution in [2.24, 2.45) is 0 Å². The van der Waals surface area contributed by atoms with Gasteiger partial charge in [-0.05, 0) is 52.8 Å². The SMILES string of the molecule is Cc1c(C(O)C(O)CCNC(=O)OCC2c3ccccc3-c3ccccc32)ccc(F)c1F. The average molecular weight is 453 g/mol. The minimum absolute atomic E-state index is 0.00377. The zero-order valence-electron chi connectivity index (χ0n) is 18.1. The van der Waals surface area contributed by atoms with Gasteiger partial charge in [0.15, 0.2) is 11.6 Å². The first-order valence-electron chi connectivity index (χ1n) is 10.8. The van der Waals surface area contributed by atoms with E-state index in [0.29, 0.717) is 0 Å². The Bertz CT molecular complexity index is 1120. The van der Waals surface area contributed by atoms with E-state index < -0.39 is 29.9 Å². The molecule has 5 nitrogen and oxygen atoms in total. The molecule has 3 N–H and O–H groups in total. The average Bonchev–Trinajstić information content (AvgIpc) is 3.14. The van der Waals surface area contributed by atoms with Crippen LogP contribution in [0, 0.1) is 18.6 Å². The number of ether oxygens (including phenoxy) is 1. The normalized spacial score (nSPS) is 14.3. The van der Waals surface area contributed by atoms with Crippen LogP contribution in [0.2, 0.25) is 0 Å². The lowest BCUT2D eigenvalue weighted by Gasteiger charge is -2.20. The van der Waals surface area contributed by atoms with Crippen molar-refractivity contribution in [1.29, 1.82) is 0 Å². The molecular formula is C26H25F2NO4. The van der Waals surface area contributed by atoms with Gasteiger partial charge in [-0.2, -0.15) is 0 Å². The van der Waals surface area contributed by atoms with Gasteiger partial charge in [-0.1, -0.05) is 54.6 Å². The van der Waals surface area contributed by atoms with Gasteiger partial charge in [-0.3, -0.25) is 0 Å². The molecule has 0 spiro atoms. The number of rotatable bonds is 7. The molecule has 4 rings (SSSR count). The van der Waals surface area contributed by atoms with E-state index in [4.69, 9.17) is 4.74 Å². The molecule has 1 aliphatic rings. The fraction of sp³-hybridized carbons (Fsp3) is 0.269. The first-order valence-corrected chi connectivity index (χ1v) is 10.8. The molecule has 33 heavy (non-hydrogen) atoms. The molecule has 1 amide bonds. The number of amides is 1. The number of nitrogens with one attached hydrogen (secondary N) is 1. The van der Waals surface area contributed by atoms with E-state index in [1.165, 1.54) is 13.0 Å². The topological polar surface area (TPSA) is 78.8 Å². The summed E-state index contributed by atoms with van der Waals surface area (Å²) in [6, 6.07) is 18.2. The summed E-state index contributed by atoms with van der Waals surface area (Å²) in [5.41, 5.74) is 4.51. The highest BCUT2D eigenvalue weighted by Crippen LogP contribution is 2.44. The van der Waals surface area contributed by atoms with Crippen molar-refractivity contribution < 1.29 is 28.5 Å². The number of halogens is 2. The number of alkyl carbamates (subject to hydrolysis) is 1. The molecule has 172 valence electrons. The van der Waals surface area contributed by atoms with E-state index in [-0.39, 0.29) is 36.6 Å². The Labute approximate surface area is 190 Å². The monoisotopic (exact) mass is 453 g/mol.